The number of ether oxygens (including phenoxy) is 2. The first kappa shape index (κ1) is 20.8. The molecule has 0 aromatic carbocycles. The van der Waals surface area contributed by atoms with E-state index in [1.807, 2.05) is 13.8 Å². The quantitative estimate of drug-likeness (QED) is 0.693. The van der Waals surface area contributed by atoms with Gasteiger partial charge in [-0.3, -0.25) is 0 Å². The first-order valence-corrected chi connectivity index (χ1v) is 9.20. The summed E-state index contributed by atoms with van der Waals surface area (Å²) in [5.74, 6) is 0.142. The topological polar surface area (TPSA) is 55.8 Å². The molecule has 0 N–H and O–H groups in total. The molecule has 1 heterocycles. The number of imide groups is 1. The van der Waals surface area contributed by atoms with Crippen molar-refractivity contribution in [2.75, 3.05) is 0 Å². The highest BCUT2D eigenvalue weighted by Gasteiger charge is 2.59. The number of cyclic esters (lactones) is 1. The summed E-state index contributed by atoms with van der Waals surface area (Å²) in [5, 5.41) is 0. The Morgan fingerprint density at radius 2 is 1.81 bits per heavy atom. The second-order valence-electron chi connectivity index (χ2n) is 8.20. The molecule has 1 aliphatic carbocycles. The molecule has 0 bridgehead atoms. The monoisotopic (exact) mass is 379 g/mol. The van der Waals surface area contributed by atoms with Gasteiger partial charge in [0.15, 0.2) is 0 Å². The first-order chi connectivity index (χ1) is 11.9. The van der Waals surface area contributed by atoms with Crippen LogP contribution in [0.5, 0.6) is 0 Å². The normalized spacial score (nSPS) is 32.9. The number of hydrogen-bond acceptors (Lipinski definition) is 4. The number of nitrogens with zero attached hydrogens (tertiary/aromatic N) is 1. The minimum atomic E-state index is -4.74. The number of rotatable bonds is 3. The lowest BCUT2D eigenvalue weighted by molar-refractivity contribution is -0.203. The minimum Gasteiger partial charge on any atom is -0.445 e. The van der Waals surface area contributed by atoms with E-state index in [2.05, 4.69) is 11.7 Å². The summed E-state index contributed by atoms with van der Waals surface area (Å²) in [6.07, 6.45) is -7.24. The molecule has 2 rings (SSSR count). The summed E-state index contributed by atoms with van der Waals surface area (Å²) in [4.78, 5) is 25.1. The van der Waals surface area contributed by atoms with Crippen molar-refractivity contribution in [1.82, 2.24) is 4.90 Å². The Morgan fingerprint density at radius 3 is 2.31 bits per heavy atom. The second-order valence-corrected chi connectivity index (χ2v) is 8.20. The second kappa shape index (κ2) is 7.64. The predicted molar refractivity (Wildman–Crippen MR) is 88.4 cm³/mol. The molecule has 0 aromatic heterocycles. The molecule has 1 saturated carbocycles. The van der Waals surface area contributed by atoms with Crippen LogP contribution in [0.4, 0.5) is 22.8 Å². The van der Waals surface area contributed by atoms with Crippen molar-refractivity contribution < 1.29 is 32.2 Å². The van der Waals surface area contributed by atoms with Gasteiger partial charge >= 0.3 is 18.4 Å². The summed E-state index contributed by atoms with van der Waals surface area (Å²) in [6, 6.07) is -1.42. The van der Waals surface area contributed by atoms with Crippen LogP contribution < -0.4 is 0 Å². The van der Waals surface area contributed by atoms with E-state index >= 15 is 0 Å². The molecule has 150 valence electrons. The maximum Gasteiger partial charge on any atom is 0.427 e. The van der Waals surface area contributed by atoms with E-state index in [9.17, 15) is 22.8 Å². The molecule has 5 nitrogen and oxygen atoms in total. The smallest absolute Gasteiger partial charge is 0.427 e. The lowest BCUT2D eigenvalue weighted by Crippen LogP contribution is -2.50. The Morgan fingerprint density at radius 1 is 1.19 bits per heavy atom. The van der Waals surface area contributed by atoms with Crippen LogP contribution in [0.3, 0.4) is 0 Å². The van der Waals surface area contributed by atoms with Crippen LogP contribution in [0, 0.1) is 23.7 Å². The van der Waals surface area contributed by atoms with Crippen LogP contribution in [-0.4, -0.2) is 41.5 Å². The average Bonchev–Trinajstić information content (AvgIpc) is 2.84. The molecule has 1 saturated heterocycles. The van der Waals surface area contributed by atoms with Gasteiger partial charge in [0, 0.05) is 0 Å². The Kier molecular flexibility index (Phi) is 6.13. The van der Waals surface area contributed by atoms with Crippen LogP contribution in [0.15, 0.2) is 0 Å². The van der Waals surface area contributed by atoms with E-state index < -0.39 is 42.5 Å². The molecule has 26 heavy (non-hydrogen) atoms. The summed E-state index contributed by atoms with van der Waals surface area (Å²) >= 11 is 0. The zero-order valence-electron chi connectivity index (χ0n) is 15.9. The maximum absolute atomic E-state index is 13.2. The summed E-state index contributed by atoms with van der Waals surface area (Å²) in [7, 11) is 0. The molecule has 0 unspecified atom stereocenters. The predicted octanol–water partition coefficient (Wildman–Crippen LogP) is 4.99. The standard InChI is InChI=1S/C18H28F3NO4/c1-9(2)12-7-6-11(5)8-13(12)25-16(23)22-14(10(3)4)15(18(19,20)21)26-17(22)24/h9-15H,6-8H2,1-5H3/t11-,12+,13-,14+,15-/m1/s1. The maximum atomic E-state index is 13.2. The van der Waals surface area contributed by atoms with Crippen molar-refractivity contribution in [2.24, 2.45) is 23.7 Å². The van der Waals surface area contributed by atoms with Crippen molar-refractivity contribution in [3.05, 3.63) is 0 Å². The average molecular weight is 379 g/mol. The molecule has 0 radical (unpaired) electrons. The SMILES string of the molecule is CC(C)[C@@H]1CC[C@@H](C)C[C@H]1OC(=O)N1C(=O)O[C@@H](C(F)(F)F)[C@@H]1C(C)C. The van der Waals surface area contributed by atoms with Crippen LogP contribution in [0.1, 0.15) is 53.9 Å². The van der Waals surface area contributed by atoms with Gasteiger partial charge in [-0.15, -0.1) is 0 Å². The summed E-state index contributed by atoms with van der Waals surface area (Å²) in [6.45, 7) is 9.15. The van der Waals surface area contributed by atoms with E-state index in [-0.39, 0.29) is 11.8 Å². The Labute approximate surface area is 152 Å². The van der Waals surface area contributed by atoms with Gasteiger partial charge in [0.25, 0.3) is 0 Å². The number of amides is 2. The fourth-order valence-corrected chi connectivity index (χ4v) is 4.03. The molecule has 2 aliphatic rings. The molecule has 8 heteroatoms. The third-order valence-corrected chi connectivity index (χ3v) is 5.45. The van der Waals surface area contributed by atoms with E-state index in [0.717, 1.165) is 12.8 Å². The summed E-state index contributed by atoms with van der Waals surface area (Å²) in [5.41, 5.74) is 0. The lowest BCUT2D eigenvalue weighted by Gasteiger charge is -2.37. The number of carbonyl (C=O) groups excluding carboxylic acids is 2. The molecule has 1 aliphatic heterocycles. The van der Waals surface area contributed by atoms with Crippen LogP contribution >= 0.6 is 0 Å². The van der Waals surface area contributed by atoms with Crippen LogP contribution in [0.2, 0.25) is 0 Å². The lowest BCUT2D eigenvalue weighted by atomic mass is 9.75. The van der Waals surface area contributed by atoms with Crippen LogP contribution in [0.25, 0.3) is 0 Å². The highest BCUT2D eigenvalue weighted by molar-refractivity contribution is 5.90. The highest BCUT2D eigenvalue weighted by atomic mass is 19.4. The number of halogens is 3. The van der Waals surface area contributed by atoms with Gasteiger partial charge in [0.05, 0.1) is 6.04 Å². The Bertz CT molecular complexity index is 535. The van der Waals surface area contributed by atoms with Crippen molar-refractivity contribution in [3.8, 4) is 0 Å². The molecule has 5 atom stereocenters. The minimum absolute atomic E-state index is 0.129. The van der Waals surface area contributed by atoms with Crippen molar-refractivity contribution in [1.29, 1.82) is 0 Å². The van der Waals surface area contributed by atoms with E-state index in [1.54, 1.807) is 0 Å². The summed E-state index contributed by atoms with van der Waals surface area (Å²) < 4.78 is 49.6. The van der Waals surface area contributed by atoms with E-state index in [1.165, 1.54) is 13.8 Å². The van der Waals surface area contributed by atoms with Crippen molar-refractivity contribution in [3.63, 3.8) is 0 Å². The molecule has 0 aromatic rings. The Balaban J connectivity index is 2.19. The number of carbonyl (C=O) groups is 2. The van der Waals surface area contributed by atoms with E-state index in [0.29, 0.717) is 17.2 Å². The van der Waals surface area contributed by atoms with Gasteiger partial charge in [-0.05, 0) is 36.5 Å². The van der Waals surface area contributed by atoms with E-state index in [4.69, 9.17) is 4.74 Å². The molecule has 2 amide bonds. The highest BCUT2D eigenvalue weighted by Crippen LogP contribution is 2.39. The first-order valence-electron chi connectivity index (χ1n) is 9.20. The molecule has 0 spiro atoms. The van der Waals surface area contributed by atoms with Gasteiger partial charge in [-0.1, -0.05) is 41.0 Å². The molecular formula is C18H28F3NO4. The van der Waals surface area contributed by atoms with Crippen molar-refractivity contribution >= 4 is 12.2 Å². The zero-order chi connectivity index (χ0) is 19.8. The van der Waals surface area contributed by atoms with Crippen molar-refractivity contribution in [2.45, 2.75) is 78.3 Å². The van der Waals surface area contributed by atoms with Gasteiger partial charge in [0.1, 0.15) is 6.10 Å². The zero-order valence-corrected chi connectivity index (χ0v) is 15.9. The Hall–Kier alpha value is -1.47. The third-order valence-electron chi connectivity index (χ3n) is 5.45. The van der Waals surface area contributed by atoms with Gasteiger partial charge in [-0.25, -0.2) is 14.5 Å². The fourth-order valence-electron chi connectivity index (χ4n) is 4.03. The van der Waals surface area contributed by atoms with Gasteiger partial charge in [0.2, 0.25) is 6.10 Å². The largest absolute Gasteiger partial charge is 0.445 e. The fraction of sp³-hybridized carbons (Fsp3) is 0.889. The molecule has 2 fully saturated rings. The van der Waals surface area contributed by atoms with Crippen LogP contribution in [-0.2, 0) is 9.47 Å². The van der Waals surface area contributed by atoms with Gasteiger partial charge in [-0.2, -0.15) is 13.2 Å². The number of hydrogen-bond donors (Lipinski definition) is 0. The van der Waals surface area contributed by atoms with Gasteiger partial charge < -0.3 is 9.47 Å². The third kappa shape index (κ3) is 4.26. The number of alkyl halides is 3. The molecular weight excluding hydrogens is 351 g/mol.